The maximum absolute atomic E-state index is 13.4. The maximum atomic E-state index is 13.4. The number of pyridine rings is 1. The van der Waals surface area contributed by atoms with Crippen molar-refractivity contribution < 1.29 is 13.2 Å². The van der Waals surface area contributed by atoms with E-state index in [0.717, 1.165) is 33.6 Å². The fourth-order valence-electron chi connectivity index (χ4n) is 3.58. The number of rotatable bonds is 8. The van der Waals surface area contributed by atoms with E-state index in [1.165, 1.54) is 4.90 Å². The third-order valence-electron chi connectivity index (χ3n) is 5.32. The summed E-state index contributed by atoms with van der Waals surface area (Å²) in [6.45, 7) is 1.93. The zero-order valence-corrected chi connectivity index (χ0v) is 20.2. The van der Waals surface area contributed by atoms with Crippen molar-refractivity contribution >= 4 is 32.4 Å². The summed E-state index contributed by atoms with van der Waals surface area (Å²) in [6, 6.07) is 21.6. The zero-order valence-electron chi connectivity index (χ0n) is 18.6. The van der Waals surface area contributed by atoms with Crippen LogP contribution in [0.15, 0.2) is 83.3 Å². The van der Waals surface area contributed by atoms with Gasteiger partial charge < -0.3 is 0 Å². The lowest BCUT2D eigenvalue weighted by atomic mass is 10.0. The molecule has 34 heavy (non-hydrogen) atoms. The molecule has 0 fully saturated rings. The molecule has 0 radical (unpaired) electrons. The minimum absolute atomic E-state index is 0.0311. The van der Waals surface area contributed by atoms with Crippen LogP contribution in [0.5, 0.6) is 0 Å². The Bertz CT molecular complexity index is 1370. The maximum Gasteiger partial charge on any atom is 0.249 e. The van der Waals surface area contributed by atoms with Gasteiger partial charge in [0.2, 0.25) is 15.9 Å². The van der Waals surface area contributed by atoms with Crippen molar-refractivity contribution in [1.29, 1.82) is 0 Å². The van der Waals surface area contributed by atoms with Gasteiger partial charge in [-0.15, -0.1) is 0 Å². The van der Waals surface area contributed by atoms with E-state index in [4.69, 9.17) is 5.14 Å². The van der Waals surface area contributed by atoms with E-state index in [1.807, 2.05) is 66.7 Å². The molecule has 1 amide bonds. The topological polar surface area (TPSA) is 106 Å². The lowest BCUT2D eigenvalue weighted by Gasteiger charge is -2.20. The van der Waals surface area contributed by atoms with Gasteiger partial charge in [0.05, 0.1) is 12.1 Å². The summed E-state index contributed by atoms with van der Waals surface area (Å²) in [5.41, 5.74) is 4.34. The number of hydrogen-bond donors (Lipinski definition) is 1. The molecule has 9 heteroatoms. The van der Waals surface area contributed by atoms with Gasteiger partial charge in [-0.05, 0) is 47.7 Å². The number of nitrogens with zero attached hydrogens (tertiary/aromatic N) is 3. The van der Waals surface area contributed by atoms with Gasteiger partial charge in [-0.2, -0.15) is 0 Å². The molecule has 0 atom stereocenters. The van der Waals surface area contributed by atoms with Crippen LogP contribution < -0.4 is 10.0 Å². The predicted molar refractivity (Wildman–Crippen MR) is 134 cm³/mol. The van der Waals surface area contributed by atoms with E-state index in [1.54, 1.807) is 19.3 Å². The monoisotopic (exact) mass is 492 g/mol. The Morgan fingerprint density at radius 2 is 1.59 bits per heavy atom. The lowest BCUT2D eigenvalue weighted by Crippen LogP contribution is -2.34. The Balaban J connectivity index is 1.57. The van der Waals surface area contributed by atoms with Crippen molar-refractivity contribution in [3.63, 3.8) is 0 Å². The van der Waals surface area contributed by atoms with E-state index in [-0.39, 0.29) is 22.2 Å². The summed E-state index contributed by atoms with van der Waals surface area (Å²) in [5.74, 6) is -0.170. The number of sulfonamides is 1. The number of primary sulfonamides is 1. The quantitative estimate of drug-likeness (QED) is 0.400. The van der Waals surface area contributed by atoms with Crippen LogP contribution >= 0.6 is 11.3 Å². The average Bonchev–Trinajstić information content (AvgIpc) is 3.23. The van der Waals surface area contributed by atoms with Crippen molar-refractivity contribution in [3.05, 3.63) is 95.9 Å². The first-order chi connectivity index (χ1) is 16.3. The van der Waals surface area contributed by atoms with E-state index in [9.17, 15) is 13.2 Å². The molecule has 0 unspecified atom stereocenters. The molecule has 0 saturated heterocycles. The number of carbonyl (C=O) groups excluding carboxylic acids is 1. The summed E-state index contributed by atoms with van der Waals surface area (Å²) in [7, 11) is -3.92. The molecular formula is C25H24N4O3S2. The molecule has 0 aliphatic heterocycles. The third-order valence-corrected chi connectivity index (χ3v) is 8.06. The molecule has 2 aromatic heterocycles. The normalized spacial score (nSPS) is 11.4. The average molecular weight is 493 g/mol. The number of aryl methyl sites for hydroxylation is 1. The summed E-state index contributed by atoms with van der Waals surface area (Å²) in [6.07, 6.45) is 4.13. The second kappa shape index (κ2) is 10.3. The molecule has 4 aromatic rings. The number of aromatic nitrogens is 2. The second-order valence-corrected chi connectivity index (χ2v) is 10.5. The molecule has 0 saturated carbocycles. The largest absolute Gasteiger partial charge is 0.287 e. The van der Waals surface area contributed by atoms with Gasteiger partial charge in [-0.25, -0.2) is 18.5 Å². The van der Waals surface area contributed by atoms with Crippen LogP contribution in [0.2, 0.25) is 0 Å². The number of benzene rings is 2. The highest BCUT2D eigenvalue weighted by atomic mass is 32.2. The van der Waals surface area contributed by atoms with Gasteiger partial charge in [0.1, 0.15) is 0 Å². The summed E-state index contributed by atoms with van der Waals surface area (Å²) in [4.78, 5) is 23.3. The first-order valence-electron chi connectivity index (χ1n) is 10.6. The van der Waals surface area contributed by atoms with Crippen molar-refractivity contribution in [3.8, 4) is 11.1 Å². The highest BCUT2D eigenvalue weighted by Gasteiger charge is 2.24. The lowest BCUT2D eigenvalue weighted by molar-refractivity contribution is -0.118. The van der Waals surface area contributed by atoms with Crippen molar-refractivity contribution in [2.24, 2.45) is 5.14 Å². The molecule has 0 spiro atoms. The molecule has 174 valence electrons. The second-order valence-electron chi connectivity index (χ2n) is 7.80. The third kappa shape index (κ3) is 5.74. The molecule has 4 rings (SSSR count). The minimum Gasteiger partial charge on any atom is -0.287 e. The fourth-order valence-corrected chi connectivity index (χ4v) is 5.57. The van der Waals surface area contributed by atoms with Crippen LogP contribution in [0.3, 0.4) is 0 Å². The molecular weight excluding hydrogens is 468 g/mol. The summed E-state index contributed by atoms with van der Waals surface area (Å²) < 4.78 is 23.8. The molecule has 7 nitrogen and oxygen atoms in total. The van der Waals surface area contributed by atoms with Crippen LogP contribution in [-0.2, 0) is 27.7 Å². The Hall–Kier alpha value is -3.40. The number of carbonyl (C=O) groups is 1. The number of hydrogen-bond acceptors (Lipinski definition) is 6. The van der Waals surface area contributed by atoms with Crippen LogP contribution in [0.4, 0.5) is 5.13 Å². The van der Waals surface area contributed by atoms with Gasteiger partial charge in [0.25, 0.3) is 0 Å². The van der Waals surface area contributed by atoms with Gasteiger partial charge in [-0.3, -0.25) is 14.7 Å². The fraction of sp³-hybridized carbons (Fsp3) is 0.160. The molecule has 0 aliphatic rings. The molecule has 0 bridgehead atoms. The SMILES string of the molecule is Cc1nc(N(CCc2ccncc2)C(=O)Cc2ccc(-c3ccccc3)cc2)sc1S(N)(=O)=O. The molecule has 2 heterocycles. The van der Waals surface area contributed by atoms with E-state index in [2.05, 4.69) is 9.97 Å². The first-order valence-corrected chi connectivity index (χ1v) is 13.0. The van der Waals surface area contributed by atoms with Crippen LogP contribution in [0.1, 0.15) is 16.8 Å². The smallest absolute Gasteiger partial charge is 0.249 e. The molecule has 2 N–H and O–H groups in total. The van der Waals surface area contributed by atoms with Crippen molar-refractivity contribution in [2.75, 3.05) is 11.4 Å². The minimum atomic E-state index is -3.92. The number of nitrogens with two attached hydrogens (primary N) is 1. The van der Waals surface area contributed by atoms with Gasteiger partial charge >= 0.3 is 0 Å². The standard InChI is InChI=1S/C25H24N4O3S2/c1-18-24(34(26,31)32)33-25(28-18)29(16-13-19-11-14-27-15-12-19)23(30)17-20-7-9-22(10-8-20)21-5-3-2-4-6-21/h2-12,14-15H,13,16-17H2,1H3,(H2,26,31,32). The predicted octanol–water partition coefficient (Wildman–Crippen LogP) is 3.98. The van der Waals surface area contributed by atoms with E-state index >= 15 is 0 Å². The van der Waals surface area contributed by atoms with E-state index < -0.39 is 10.0 Å². The summed E-state index contributed by atoms with van der Waals surface area (Å²) in [5, 5.41) is 5.65. The Morgan fingerprint density at radius 1 is 0.941 bits per heavy atom. The Labute approximate surface area is 203 Å². The Kier molecular flexibility index (Phi) is 7.16. The zero-order chi connectivity index (χ0) is 24.1. The van der Waals surface area contributed by atoms with Crippen LogP contribution in [0, 0.1) is 6.92 Å². The highest BCUT2D eigenvalue weighted by Crippen LogP contribution is 2.30. The van der Waals surface area contributed by atoms with Gasteiger partial charge in [-0.1, -0.05) is 65.9 Å². The highest BCUT2D eigenvalue weighted by molar-refractivity contribution is 7.91. The van der Waals surface area contributed by atoms with Crippen molar-refractivity contribution in [1.82, 2.24) is 9.97 Å². The number of amides is 1. The van der Waals surface area contributed by atoms with Crippen LogP contribution in [-0.4, -0.2) is 30.8 Å². The summed E-state index contributed by atoms with van der Waals surface area (Å²) >= 11 is 0.917. The molecule has 0 aliphatic carbocycles. The number of anilines is 1. The Morgan fingerprint density at radius 3 is 2.21 bits per heavy atom. The number of thiazole rings is 1. The molecule has 2 aromatic carbocycles. The van der Waals surface area contributed by atoms with E-state index in [0.29, 0.717) is 18.1 Å². The van der Waals surface area contributed by atoms with Crippen molar-refractivity contribution in [2.45, 2.75) is 24.0 Å². The van der Waals surface area contributed by atoms with Gasteiger partial charge in [0.15, 0.2) is 9.34 Å². The van der Waals surface area contributed by atoms with Crippen LogP contribution in [0.25, 0.3) is 11.1 Å². The first kappa shape index (κ1) is 23.7. The van der Waals surface area contributed by atoms with Gasteiger partial charge in [0, 0.05) is 18.9 Å².